The Bertz CT molecular complexity index is 466. The maximum absolute atomic E-state index is 12.1. The zero-order valence-electron chi connectivity index (χ0n) is 9.87. The standard InChI is InChI=1S/C12H15ClN2O2S/c13-9-8(4-7-17-9)10(16)15-12(11(14)18)5-2-1-3-6-12/h4,7H,1-3,5-6H2,(H2,14,18)(H,15,16). The van der Waals surface area contributed by atoms with Crippen LogP contribution in [0.15, 0.2) is 16.7 Å². The molecule has 1 saturated carbocycles. The number of carbonyl (C=O) groups is 1. The van der Waals surface area contributed by atoms with Gasteiger partial charge in [-0.05, 0) is 30.5 Å². The first-order valence-electron chi connectivity index (χ1n) is 5.90. The zero-order valence-corrected chi connectivity index (χ0v) is 11.4. The van der Waals surface area contributed by atoms with E-state index in [0.29, 0.717) is 10.6 Å². The van der Waals surface area contributed by atoms with E-state index in [-0.39, 0.29) is 11.1 Å². The second-order valence-electron chi connectivity index (χ2n) is 4.57. The molecule has 6 heteroatoms. The Morgan fingerprint density at radius 3 is 2.61 bits per heavy atom. The average Bonchev–Trinajstić information content (AvgIpc) is 2.76. The molecule has 0 saturated heterocycles. The van der Waals surface area contributed by atoms with Crippen molar-refractivity contribution < 1.29 is 9.21 Å². The Balaban J connectivity index is 2.17. The fourth-order valence-electron chi connectivity index (χ4n) is 2.33. The number of amides is 1. The first-order valence-corrected chi connectivity index (χ1v) is 6.69. The summed E-state index contributed by atoms with van der Waals surface area (Å²) < 4.78 is 4.91. The predicted molar refractivity (Wildman–Crippen MR) is 73.8 cm³/mol. The maximum atomic E-state index is 12.1. The van der Waals surface area contributed by atoms with Gasteiger partial charge in [0, 0.05) is 0 Å². The van der Waals surface area contributed by atoms with E-state index < -0.39 is 5.54 Å². The highest BCUT2D eigenvalue weighted by Crippen LogP contribution is 2.29. The van der Waals surface area contributed by atoms with Crippen molar-refractivity contribution in [2.75, 3.05) is 0 Å². The van der Waals surface area contributed by atoms with Gasteiger partial charge in [0.15, 0.2) is 0 Å². The molecule has 1 aromatic heterocycles. The van der Waals surface area contributed by atoms with E-state index in [9.17, 15) is 4.79 Å². The summed E-state index contributed by atoms with van der Waals surface area (Å²) in [7, 11) is 0. The molecular weight excluding hydrogens is 272 g/mol. The zero-order chi connectivity index (χ0) is 13.2. The fourth-order valence-corrected chi connectivity index (χ4v) is 2.78. The number of furan rings is 1. The van der Waals surface area contributed by atoms with Gasteiger partial charge in [-0.2, -0.15) is 0 Å². The molecule has 1 amide bonds. The summed E-state index contributed by atoms with van der Waals surface area (Å²) >= 11 is 10.9. The molecule has 0 bridgehead atoms. The molecule has 1 heterocycles. The number of nitrogens with one attached hydrogen (secondary N) is 1. The number of nitrogens with two attached hydrogens (primary N) is 1. The summed E-state index contributed by atoms with van der Waals surface area (Å²) in [5.74, 6) is -0.288. The van der Waals surface area contributed by atoms with Crippen LogP contribution in [0.1, 0.15) is 42.5 Å². The lowest BCUT2D eigenvalue weighted by Gasteiger charge is -2.37. The number of thiocarbonyl (C=S) groups is 1. The molecule has 0 aromatic carbocycles. The van der Waals surface area contributed by atoms with Crippen molar-refractivity contribution in [2.24, 2.45) is 5.73 Å². The average molecular weight is 287 g/mol. The molecule has 18 heavy (non-hydrogen) atoms. The summed E-state index contributed by atoms with van der Waals surface area (Å²) in [5, 5.41) is 3.01. The smallest absolute Gasteiger partial charge is 0.256 e. The van der Waals surface area contributed by atoms with E-state index >= 15 is 0 Å². The fraction of sp³-hybridized carbons (Fsp3) is 0.500. The van der Waals surface area contributed by atoms with E-state index in [2.05, 4.69) is 5.32 Å². The number of hydrogen-bond donors (Lipinski definition) is 2. The second kappa shape index (κ2) is 5.28. The van der Waals surface area contributed by atoms with Gasteiger partial charge in [0.05, 0.1) is 22.4 Å². The van der Waals surface area contributed by atoms with Crippen molar-refractivity contribution in [2.45, 2.75) is 37.6 Å². The van der Waals surface area contributed by atoms with E-state index in [1.807, 2.05) is 0 Å². The molecule has 0 unspecified atom stereocenters. The van der Waals surface area contributed by atoms with E-state index in [1.54, 1.807) is 0 Å². The van der Waals surface area contributed by atoms with Crippen molar-refractivity contribution >= 4 is 34.7 Å². The Kier molecular flexibility index (Phi) is 3.92. The quantitative estimate of drug-likeness (QED) is 0.838. The second-order valence-corrected chi connectivity index (χ2v) is 5.35. The van der Waals surface area contributed by atoms with Crippen LogP contribution in [0, 0.1) is 0 Å². The van der Waals surface area contributed by atoms with Gasteiger partial charge < -0.3 is 15.5 Å². The molecule has 0 spiro atoms. The van der Waals surface area contributed by atoms with Crippen molar-refractivity contribution in [3.63, 3.8) is 0 Å². The van der Waals surface area contributed by atoms with Crippen molar-refractivity contribution in [3.8, 4) is 0 Å². The SMILES string of the molecule is NC(=S)C1(NC(=O)c2ccoc2Cl)CCCCC1. The Labute approximate surface area is 116 Å². The first-order chi connectivity index (χ1) is 8.55. The normalized spacial score (nSPS) is 18.3. The molecule has 1 fully saturated rings. The molecule has 0 radical (unpaired) electrons. The van der Waals surface area contributed by atoms with Crippen LogP contribution in [0.3, 0.4) is 0 Å². The summed E-state index contributed by atoms with van der Waals surface area (Å²) in [6.45, 7) is 0. The minimum Gasteiger partial charge on any atom is -0.452 e. The van der Waals surface area contributed by atoms with Crippen molar-refractivity contribution in [3.05, 3.63) is 23.1 Å². The van der Waals surface area contributed by atoms with Gasteiger partial charge in [0.2, 0.25) is 5.22 Å². The molecule has 0 atom stereocenters. The molecule has 3 N–H and O–H groups in total. The van der Waals surface area contributed by atoms with Crippen LogP contribution in [0.4, 0.5) is 0 Å². The summed E-state index contributed by atoms with van der Waals surface area (Å²) in [6, 6.07) is 1.54. The van der Waals surface area contributed by atoms with Gasteiger partial charge in [0.1, 0.15) is 0 Å². The van der Waals surface area contributed by atoms with Crippen molar-refractivity contribution in [1.29, 1.82) is 0 Å². The van der Waals surface area contributed by atoms with Gasteiger partial charge >= 0.3 is 0 Å². The maximum Gasteiger partial charge on any atom is 0.256 e. The van der Waals surface area contributed by atoms with Crippen molar-refractivity contribution in [1.82, 2.24) is 5.32 Å². The molecule has 98 valence electrons. The lowest BCUT2D eigenvalue weighted by atomic mass is 9.81. The van der Waals surface area contributed by atoms with E-state index in [4.69, 9.17) is 34.0 Å². The van der Waals surface area contributed by atoms with Gasteiger partial charge in [-0.3, -0.25) is 4.79 Å². The number of rotatable bonds is 3. The lowest BCUT2D eigenvalue weighted by molar-refractivity contribution is 0.0908. The molecule has 4 nitrogen and oxygen atoms in total. The van der Waals surface area contributed by atoms with Gasteiger partial charge in [-0.1, -0.05) is 31.5 Å². The van der Waals surface area contributed by atoms with E-state index in [0.717, 1.165) is 32.1 Å². The Morgan fingerprint density at radius 2 is 2.11 bits per heavy atom. The number of hydrogen-bond acceptors (Lipinski definition) is 3. The molecule has 0 aliphatic heterocycles. The monoisotopic (exact) mass is 286 g/mol. The van der Waals surface area contributed by atoms with Gasteiger partial charge in [-0.25, -0.2) is 0 Å². The summed E-state index contributed by atoms with van der Waals surface area (Å²) in [5.41, 5.74) is 5.54. The first kappa shape index (κ1) is 13.4. The highest BCUT2D eigenvalue weighted by atomic mass is 35.5. The minimum atomic E-state index is -0.578. The van der Waals surface area contributed by atoms with Crippen LogP contribution in [0.25, 0.3) is 0 Å². The van der Waals surface area contributed by atoms with Crippen LogP contribution in [0.2, 0.25) is 5.22 Å². The molecular formula is C12H15ClN2O2S. The van der Waals surface area contributed by atoms with Crippen LogP contribution >= 0.6 is 23.8 Å². The number of halogens is 1. The molecule has 1 aromatic rings. The van der Waals surface area contributed by atoms with Crippen LogP contribution in [-0.4, -0.2) is 16.4 Å². The molecule has 1 aliphatic carbocycles. The summed E-state index contributed by atoms with van der Waals surface area (Å²) in [6.07, 6.45) is 6.11. The number of carbonyl (C=O) groups excluding carboxylic acids is 1. The lowest BCUT2D eigenvalue weighted by Crippen LogP contribution is -2.57. The Hall–Kier alpha value is -1.07. The third-order valence-electron chi connectivity index (χ3n) is 3.39. The van der Waals surface area contributed by atoms with Crippen LogP contribution < -0.4 is 11.1 Å². The van der Waals surface area contributed by atoms with Gasteiger partial charge in [0.25, 0.3) is 5.91 Å². The summed E-state index contributed by atoms with van der Waals surface area (Å²) in [4.78, 5) is 12.5. The largest absolute Gasteiger partial charge is 0.452 e. The highest BCUT2D eigenvalue weighted by Gasteiger charge is 2.37. The third-order valence-corrected chi connectivity index (χ3v) is 4.08. The van der Waals surface area contributed by atoms with Crippen LogP contribution in [0.5, 0.6) is 0 Å². The van der Waals surface area contributed by atoms with Gasteiger partial charge in [-0.15, -0.1) is 0 Å². The minimum absolute atomic E-state index is 0.0846. The predicted octanol–water partition coefficient (Wildman–Crippen LogP) is 2.65. The third kappa shape index (κ3) is 2.52. The molecule has 2 rings (SSSR count). The molecule has 1 aliphatic rings. The highest BCUT2D eigenvalue weighted by molar-refractivity contribution is 7.80. The van der Waals surface area contributed by atoms with Crippen LogP contribution in [-0.2, 0) is 0 Å². The van der Waals surface area contributed by atoms with E-state index in [1.165, 1.54) is 12.3 Å². The topological polar surface area (TPSA) is 68.3 Å². The Morgan fingerprint density at radius 1 is 1.44 bits per heavy atom.